The van der Waals surface area contributed by atoms with Gasteiger partial charge in [0.1, 0.15) is 12.2 Å². The fraction of sp³-hybridized carbons (Fsp3) is 0.385. The number of sulfonamides is 1. The van der Waals surface area contributed by atoms with E-state index in [4.69, 9.17) is 5.11 Å². The Balaban J connectivity index is 2.01. The molecule has 8 heteroatoms. The van der Waals surface area contributed by atoms with E-state index in [1.54, 1.807) is 35.2 Å². The SMILES string of the molecule is CCn1cnnc1CNS(=O)(=O)Cc1cccc(CO)c1. The zero-order valence-electron chi connectivity index (χ0n) is 11.7. The standard InChI is InChI=1S/C13H18N4O3S/c1-2-17-10-14-16-13(17)7-15-21(19,20)9-12-5-3-4-11(6-12)8-18/h3-6,10,15,18H,2,7-9H2,1H3. The van der Waals surface area contributed by atoms with Crippen molar-refractivity contribution >= 4 is 10.0 Å². The fourth-order valence-electron chi connectivity index (χ4n) is 1.94. The van der Waals surface area contributed by atoms with Crippen molar-refractivity contribution < 1.29 is 13.5 Å². The molecule has 0 saturated heterocycles. The average Bonchev–Trinajstić information content (AvgIpc) is 2.92. The van der Waals surface area contributed by atoms with Crippen LogP contribution in [0.1, 0.15) is 23.9 Å². The highest BCUT2D eigenvalue weighted by Gasteiger charge is 2.13. The van der Waals surface area contributed by atoms with E-state index in [0.717, 1.165) is 0 Å². The van der Waals surface area contributed by atoms with Crippen LogP contribution in [0.2, 0.25) is 0 Å². The molecule has 7 nitrogen and oxygen atoms in total. The maximum Gasteiger partial charge on any atom is 0.216 e. The molecule has 0 aliphatic heterocycles. The number of nitrogens with one attached hydrogen (secondary N) is 1. The van der Waals surface area contributed by atoms with Crippen LogP contribution < -0.4 is 4.72 Å². The van der Waals surface area contributed by atoms with Crippen molar-refractivity contribution in [2.75, 3.05) is 0 Å². The Hall–Kier alpha value is -1.77. The first kappa shape index (κ1) is 15.6. The van der Waals surface area contributed by atoms with Crippen molar-refractivity contribution in [1.29, 1.82) is 0 Å². The Bertz CT molecular complexity index is 697. The zero-order valence-corrected chi connectivity index (χ0v) is 12.5. The second-order valence-electron chi connectivity index (χ2n) is 4.59. The second-order valence-corrected chi connectivity index (χ2v) is 6.40. The summed E-state index contributed by atoms with van der Waals surface area (Å²) in [6.07, 6.45) is 1.56. The summed E-state index contributed by atoms with van der Waals surface area (Å²) in [5.74, 6) is 0.436. The third-order valence-corrected chi connectivity index (χ3v) is 4.31. The number of nitrogens with zero attached hydrogens (tertiary/aromatic N) is 3. The van der Waals surface area contributed by atoms with Gasteiger partial charge in [0.15, 0.2) is 0 Å². The van der Waals surface area contributed by atoms with Crippen molar-refractivity contribution in [2.24, 2.45) is 0 Å². The molecule has 2 N–H and O–H groups in total. The van der Waals surface area contributed by atoms with Crippen LogP contribution in [0.4, 0.5) is 0 Å². The third kappa shape index (κ3) is 4.35. The van der Waals surface area contributed by atoms with Gasteiger partial charge in [0.2, 0.25) is 10.0 Å². The van der Waals surface area contributed by atoms with Crippen LogP contribution in [0.25, 0.3) is 0 Å². The summed E-state index contributed by atoms with van der Waals surface area (Å²) in [5.41, 5.74) is 1.32. The Morgan fingerprint density at radius 1 is 1.33 bits per heavy atom. The average molecular weight is 310 g/mol. The third-order valence-electron chi connectivity index (χ3n) is 3.02. The van der Waals surface area contributed by atoms with Crippen molar-refractivity contribution in [3.63, 3.8) is 0 Å². The van der Waals surface area contributed by atoms with Crippen molar-refractivity contribution in [2.45, 2.75) is 32.4 Å². The van der Waals surface area contributed by atoms with E-state index in [-0.39, 0.29) is 18.9 Å². The summed E-state index contributed by atoms with van der Waals surface area (Å²) in [6, 6.07) is 6.86. The van der Waals surface area contributed by atoms with Crippen LogP contribution in [-0.2, 0) is 35.5 Å². The molecule has 0 radical (unpaired) electrons. The number of rotatable bonds is 7. The molecule has 0 fully saturated rings. The quantitative estimate of drug-likeness (QED) is 0.772. The number of hydrogen-bond acceptors (Lipinski definition) is 5. The monoisotopic (exact) mass is 310 g/mol. The van der Waals surface area contributed by atoms with Crippen LogP contribution in [0, 0.1) is 0 Å². The highest BCUT2D eigenvalue weighted by molar-refractivity contribution is 7.88. The fourth-order valence-corrected chi connectivity index (χ4v) is 3.01. The van der Waals surface area contributed by atoms with Gasteiger partial charge < -0.3 is 9.67 Å². The highest BCUT2D eigenvalue weighted by atomic mass is 32.2. The van der Waals surface area contributed by atoms with Crippen molar-refractivity contribution in [3.8, 4) is 0 Å². The Morgan fingerprint density at radius 2 is 2.10 bits per heavy atom. The van der Waals surface area contributed by atoms with Gasteiger partial charge in [0, 0.05) is 6.54 Å². The smallest absolute Gasteiger partial charge is 0.216 e. The van der Waals surface area contributed by atoms with Gasteiger partial charge in [-0.1, -0.05) is 24.3 Å². The van der Waals surface area contributed by atoms with Gasteiger partial charge >= 0.3 is 0 Å². The minimum absolute atomic E-state index is 0.107. The lowest BCUT2D eigenvalue weighted by molar-refractivity contribution is 0.282. The van der Waals surface area contributed by atoms with E-state index >= 15 is 0 Å². The molecule has 2 rings (SSSR count). The van der Waals surface area contributed by atoms with Crippen LogP contribution in [0.15, 0.2) is 30.6 Å². The van der Waals surface area contributed by atoms with Gasteiger partial charge in [-0.2, -0.15) is 0 Å². The molecule has 1 heterocycles. The van der Waals surface area contributed by atoms with Gasteiger partial charge in [-0.05, 0) is 18.1 Å². The van der Waals surface area contributed by atoms with Gasteiger partial charge in [-0.3, -0.25) is 0 Å². The molecule has 1 aromatic carbocycles. The summed E-state index contributed by atoms with van der Waals surface area (Å²) in [5, 5.41) is 16.7. The summed E-state index contributed by atoms with van der Waals surface area (Å²) >= 11 is 0. The van der Waals surface area contributed by atoms with Crippen LogP contribution in [-0.4, -0.2) is 28.3 Å². The number of hydrogen-bond donors (Lipinski definition) is 2. The molecule has 1 aromatic heterocycles. The molecule has 0 unspecified atom stereocenters. The number of aryl methyl sites for hydroxylation is 1. The number of benzene rings is 1. The topological polar surface area (TPSA) is 97.1 Å². The number of aliphatic hydroxyl groups excluding tert-OH is 1. The Kier molecular flexibility index (Phi) is 5.05. The van der Waals surface area contributed by atoms with Crippen LogP contribution in [0.5, 0.6) is 0 Å². The minimum Gasteiger partial charge on any atom is -0.392 e. The molecule has 0 aliphatic carbocycles. The first-order chi connectivity index (χ1) is 10.0. The lowest BCUT2D eigenvalue weighted by Crippen LogP contribution is -2.26. The van der Waals surface area contributed by atoms with E-state index in [1.807, 2.05) is 6.92 Å². The molecule has 114 valence electrons. The molecular formula is C13H18N4O3S. The summed E-state index contributed by atoms with van der Waals surface area (Å²) in [4.78, 5) is 0. The molecule has 0 amide bonds. The number of aromatic nitrogens is 3. The summed E-state index contributed by atoms with van der Waals surface area (Å²) in [7, 11) is -3.47. The van der Waals surface area contributed by atoms with E-state index in [0.29, 0.717) is 23.5 Å². The number of aliphatic hydroxyl groups is 1. The van der Waals surface area contributed by atoms with Gasteiger partial charge in [0.25, 0.3) is 0 Å². The summed E-state index contributed by atoms with van der Waals surface area (Å²) < 4.78 is 28.4. The van der Waals surface area contributed by atoms with Crippen LogP contribution in [0.3, 0.4) is 0 Å². The second kappa shape index (κ2) is 6.79. The van der Waals surface area contributed by atoms with E-state index in [9.17, 15) is 8.42 Å². The maximum atomic E-state index is 12.1. The molecular weight excluding hydrogens is 292 g/mol. The summed E-state index contributed by atoms with van der Waals surface area (Å²) in [6.45, 7) is 2.61. The van der Waals surface area contributed by atoms with E-state index in [2.05, 4.69) is 14.9 Å². The Labute approximate surface area is 123 Å². The predicted molar refractivity (Wildman–Crippen MR) is 77.5 cm³/mol. The Morgan fingerprint density at radius 3 is 2.81 bits per heavy atom. The molecule has 0 atom stereocenters. The zero-order chi connectivity index (χ0) is 15.3. The van der Waals surface area contributed by atoms with E-state index < -0.39 is 10.0 Å². The van der Waals surface area contributed by atoms with Crippen LogP contribution >= 0.6 is 0 Å². The molecule has 0 aliphatic rings. The largest absolute Gasteiger partial charge is 0.392 e. The normalized spacial score (nSPS) is 11.7. The predicted octanol–water partition coefficient (Wildman–Crippen LogP) is 0.410. The molecule has 0 spiro atoms. The molecule has 0 bridgehead atoms. The van der Waals surface area contributed by atoms with Gasteiger partial charge in [-0.15, -0.1) is 10.2 Å². The maximum absolute atomic E-state index is 12.1. The van der Waals surface area contributed by atoms with E-state index in [1.165, 1.54) is 0 Å². The molecule has 0 saturated carbocycles. The first-order valence-electron chi connectivity index (χ1n) is 6.56. The minimum atomic E-state index is -3.47. The molecule has 21 heavy (non-hydrogen) atoms. The lowest BCUT2D eigenvalue weighted by atomic mass is 10.1. The van der Waals surface area contributed by atoms with Gasteiger partial charge in [-0.25, -0.2) is 13.1 Å². The first-order valence-corrected chi connectivity index (χ1v) is 8.22. The molecule has 2 aromatic rings. The van der Waals surface area contributed by atoms with Gasteiger partial charge in [0.05, 0.1) is 18.9 Å². The lowest BCUT2D eigenvalue weighted by Gasteiger charge is -2.08. The highest BCUT2D eigenvalue weighted by Crippen LogP contribution is 2.09. The van der Waals surface area contributed by atoms with Crippen molar-refractivity contribution in [3.05, 3.63) is 47.5 Å². The van der Waals surface area contributed by atoms with Crippen molar-refractivity contribution in [1.82, 2.24) is 19.5 Å².